The van der Waals surface area contributed by atoms with Crippen molar-refractivity contribution in [2.45, 2.75) is 68.5 Å². The minimum absolute atomic E-state index is 0.0882. The highest BCUT2D eigenvalue weighted by atomic mass is 32.2. The van der Waals surface area contributed by atoms with Crippen molar-refractivity contribution in [2.24, 2.45) is 0 Å². The van der Waals surface area contributed by atoms with Crippen LogP contribution in [0.3, 0.4) is 0 Å². The standard InChI is InChI=1S/C52H30F8O6S8/c1-3-26-66-51-47(57)43(53)41(44(54)48(51)58)42-45(55)49(59)52(50(60)46(42)56)72-36-18-14-33(15-19-36)69-30-8-10-31(11-9-30)70-34-20-22-37(23-21-34)73(61,62)38-24-25-39(40(27-38)74(63,64)65)71-35-16-12-32(13-17-35)68-29-6-4-28(67-2)5-7-29/h1,4-25,27H,26H2,2H3,(H,63,64,65). The van der Waals surface area contributed by atoms with E-state index in [1.165, 1.54) is 59.9 Å². The fourth-order valence-corrected chi connectivity index (χ4v) is 13.7. The fourth-order valence-electron chi connectivity index (χ4n) is 6.78. The van der Waals surface area contributed by atoms with Crippen molar-refractivity contribution >= 4 is 90.5 Å². The van der Waals surface area contributed by atoms with E-state index in [2.05, 4.69) is 4.74 Å². The molecule has 0 atom stereocenters. The van der Waals surface area contributed by atoms with Crippen molar-refractivity contribution in [3.05, 3.63) is 186 Å². The Labute approximate surface area is 445 Å². The van der Waals surface area contributed by atoms with E-state index in [9.17, 15) is 39.0 Å². The molecule has 378 valence electrons. The summed E-state index contributed by atoms with van der Waals surface area (Å²) in [7, 11) is -9.08. The Kier molecular flexibility index (Phi) is 17.2. The Balaban J connectivity index is 0.895. The van der Waals surface area contributed by atoms with Crippen molar-refractivity contribution in [1.29, 1.82) is 0 Å². The molecule has 1 N–H and O–H groups in total. The molecule has 0 saturated heterocycles. The summed E-state index contributed by atoms with van der Waals surface area (Å²) in [6, 6.07) is 38.0. The number of rotatable bonds is 17. The Bertz CT molecular complexity index is 3640. The van der Waals surface area contributed by atoms with Crippen molar-refractivity contribution < 1.29 is 61.2 Å². The maximum Gasteiger partial charge on any atom is 0.295 e. The second-order valence-electron chi connectivity index (χ2n) is 15.1. The summed E-state index contributed by atoms with van der Waals surface area (Å²) in [6.07, 6.45) is 6.92. The van der Waals surface area contributed by atoms with Crippen LogP contribution in [-0.4, -0.2) is 34.3 Å². The van der Waals surface area contributed by atoms with E-state index >= 15 is 17.6 Å². The summed E-state index contributed by atoms with van der Waals surface area (Å²) in [5.74, 6) is -17.8. The summed E-state index contributed by atoms with van der Waals surface area (Å²) in [6.45, 7) is -0.837. The Morgan fingerprint density at radius 3 is 1.18 bits per heavy atom. The summed E-state index contributed by atoms with van der Waals surface area (Å²) in [5.41, 5.74) is -4.05. The van der Waals surface area contributed by atoms with Crippen LogP contribution >= 0.6 is 70.6 Å². The minimum Gasteiger partial charge on any atom is -0.475 e. The van der Waals surface area contributed by atoms with Crippen LogP contribution in [0.5, 0.6) is 5.75 Å². The number of halogens is 8. The van der Waals surface area contributed by atoms with Gasteiger partial charge in [0.15, 0.2) is 40.7 Å². The molecule has 0 aliphatic heterocycles. The minimum atomic E-state index is -4.85. The lowest BCUT2D eigenvalue weighted by Crippen LogP contribution is -2.10. The van der Waals surface area contributed by atoms with Crippen LogP contribution in [0, 0.1) is 58.9 Å². The number of hydrogen-bond donors (Lipinski definition) is 1. The highest BCUT2D eigenvalue weighted by molar-refractivity contribution is 8.01. The molecule has 0 heterocycles. The van der Waals surface area contributed by atoms with Gasteiger partial charge in [-0.15, -0.1) is 18.2 Å². The van der Waals surface area contributed by atoms with Gasteiger partial charge < -0.3 is 4.74 Å². The monoisotopic (exact) mass is 1160 g/mol. The lowest BCUT2D eigenvalue weighted by atomic mass is 10.0. The molecule has 22 heteroatoms. The number of ether oxygens (including phenoxy) is 1. The zero-order valence-corrected chi connectivity index (χ0v) is 43.9. The van der Waals surface area contributed by atoms with Crippen molar-refractivity contribution in [3.63, 3.8) is 0 Å². The van der Waals surface area contributed by atoms with E-state index in [4.69, 9.17) is 6.42 Å². The normalized spacial score (nSPS) is 11.7. The van der Waals surface area contributed by atoms with E-state index in [0.29, 0.717) is 14.7 Å². The summed E-state index contributed by atoms with van der Waals surface area (Å²) < 4.78 is 187. The first-order chi connectivity index (χ1) is 35.3. The Morgan fingerprint density at radius 2 is 0.797 bits per heavy atom. The first-order valence-corrected chi connectivity index (χ1v) is 29.1. The summed E-state index contributed by atoms with van der Waals surface area (Å²) in [4.78, 5) is 4.63. The zero-order chi connectivity index (χ0) is 53.1. The number of terminal acetylenes is 1. The lowest BCUT2D eigenvalue weighted by molar-refractivity contribution is 0.307. The molecule has 8 rings (SSSR count). The average Bonchev–Trinajstić information content (AvgIpc) is 3.39. The molecule has 0 spiro atoms. The third kappa shape index (κ3) is 12.1. The molecule has 6 nitrogen and oxygen atoms in total. The van der Waals surface area contributed by atoms with Crippen LogP contribution < -0.4 is 4.74 Å². The van der Waals surface area contributed by atoms with Gasteiger partial charge in [0.1, 0.15) is 11.5 Å². The Hall–Kier alpha value is -5.48. The van der Waals surface area contributed by atoms with Crippen LogP contribution in [0.1, 0.15) is 0 Å². The second-order valence-corrected chi connectivity index (χ2v) is 24.9. The number of benzene rings is 8. The molecule has 0 radical (unpaired) electrons. The first kappa shape index (κ1) is 54.8. The summed E-state index contributed by atoms with van der Waals surface area (Å²) in [5, 5.41) is 0. The van der Waals surface area contributed by atoms with Gasteiger partial charge in [0.2, 0.25) is 21.5 Å². The van der Waals surface area contributed by atoms with Crippen LogP contribution in [0.15, 0.2) is 208 Å². The average molecular weight is 1160 g/mol. The van der Waals surface area contributed by atoms with E-state index in [0.717, 1.165) is 42.3 Å². The molecule has 0 aliphatic carbocycles. The molecule has 0 aliphatic rings. The van der Waals surface area contributed by atoms with Crippen LogP contribution in [0.25, 0.3) is 11.1 Å². The number of thioether (sulfide) groups is 1. The molecule has 0 aromatic heterocycles. The molecule has 0 bridgehead atoms. The van der Waals surface area contributed by atoms with Gasteiger partial charge in [0.25, 0.3) is 10.1 Å². The molecule has 0 amide bonds. The third-order valence-electron chi connectivity index (χ3n) is 10.3. The van der Waals surface area contributed by atoms with Gasteiger partial charge in [-0.2, -0.15) is 17.2 Å². The summed E-state index contributed by atoms with van der Waals surface area (Å²) >= 11 is 7.11. The fraction of sp³-hybridized carbons (Fsp3) is 0.0385. The van der Waals surface area contributed by atoms with Gasteiger partial charge in [-0.3, -0.25) is 4.55 Å². The lowest BCUT2D eigenvalue weighted by Gasteiger charge is -2.15. The van der Waals surface area contributed by atoms with Gasteiger partial charge in [-0.05, 0) is 146 Å². The smallest absolute Gasteiger partial charge is 0.295 e. The molecular weight excluding hydrogens is 1130 g/mol. The van der Waals surface area contributed by atoms with Gasteiger partial charge in [-0.25, -0.2) is 34.8 Å². The van der Waals surface area contributed by atoms with Gasteiger partial charge in [0.05, 0.1) is 25.8 Å². The predicted molar refractivity (Wildman–Crippen MR) is 272 cm³/mol. The van der Waals surface area contributed by atoms with Crippen LogP contribution in [-0.2, 0) is 20.0 Å². The van der Waals surface area contributed by atoms with Gasteiger partial charge in [-0.1, -0.05) is 64.7 Å². The quantitative estimate of drug-likeness (QED) is 0.0309. The maximum atomic E-state index is 15.3. The second kappa shape index (κ2) is 23.2. The van der Waals surface area contributed by atoms with E-state index in [-0.39, 0.29) is 31.3 Å². The molecule has 0 fully saturated rings. The topological polar surface area (TPSA) is 97.7 Å². The first-order valence-electron chi connectivity index (χ1n) is 20.9. The molecule has 0 unspecified atom stereocenters. The molecule has 8 aromatic carbocycles. The molecule has 8 aromatic rings. The van der Waals surface area contributed by atoms with E-state index < -0.39 is 99.8 Å². The zero-order valence-electron chi connectivity index (χ0n) is 37.3. The van der Waals surface area contributed by atoms with Crippen LogP contribution in [0.4, 0.5) is 35.1 Å². The molecule has 74 heavy (non-hydrogen) atoms. The molecular formula is C52H30F8O6S8. The van der Waals surface area contributed by atoms with Crippen LogP contribution in [0.2, 0.25) is 0 Å². The van der Waals surface area contributed by atoms with E-state index in [1.807, 2.05) is 42.7 Å². The third-order valence-corrected chi connectivity index (χ3v) is 19.1. The van der Waals surface area contributed by atoms with Gasteiger partial charge >= 0.3 is 0 Å². The predicted octanol–water partition coefficient (Wildman–Crippen LogP) is 16.0. The highest BCUT2D eigenvalue weighted by Crippen LogP contribution is 2.44. The van der Waals surface area contributed by atoms with E-state index in [1.54, 1.807) is 90.1 Å². The number of hydrogen-bond acceptors (Lipinski definition) is 11. The van der Waals surface area contributed by atoms with Crippen molar-refractivity contribution in [3.8, 4) is 29.2 Å². The van der Waals surface area contributed by atoms with Gasteiger partial charge in [0, 0.05) is 49.0 Å². The van der Waals surface area contributed by atoms with Crippen molar-refractivity contribution in [2.75, 3.05) is 12.9 Å². The number of sulfone groups is 1. The maximum absolute atomic E-state index is 15.3. The molecule has 0 saturated carbocycles. The highest BCUT2D eigenvalue weighted by Gasteiger charge is 2.35. The largest absolute Gasteiger partial charge is 0.475 e. The Morgan fingerprint density at radius 1 is 0.459 bits per heavy atom. The SMILES string of the molecule is C#CCOc1c(F)c(F)c(-c2c(F)c(F)c(Sc3ccc(Sc4ccc(Sc5ccc(S(=O)(=O)c6ccc(Sc7ccc(Sc8ccc(SC)cc8)cc7)c(S(=O)(=O)O)c6)cc5)cc4)cc3)c(F)c2F)c(F)c1F. The van der Waals surface area contributed by atoms with Crippen molar-refractivity contribution in [1.82, 2.24) is 0 Å².